The Morgan fingerprint density at radius 3 is 3.00 bits per heavy atom. The van der Waals surface area contributed by atoms with Crippen molar-refractivity contribution in [3.05, 3.63) is 0 Å². The fourth-order valence-electron chi connectivity index (χ4n) is 1.34. The highest BCUT2D eigenvalue weighted by Crippen LogP contribution is 2.29. The molecule has 0 aromatic heterocycles. The van der Waals surface area contributed by atoms with Crippen LogP contribution in [0, 0.1) is 0 Å². The molecular weight excluding hydrogens is 160 g/mol. The summed E-state index contributed by atoms with van der Waals surface area (Å²) in [4.78, 5) is 0. The molecule has 11 heavy (non-hydrogen) atoms. The Balaban J connectivity index is 1.99. The Kier molecular flexibility index (Phi) is 4.26. The van der Waals surface area contributed by atoms with Gasteiger partial charge in [-0.1, -0.05) is 0 Å². The molecule has 2 nitrogen and oxygen atoms in total. The highest BCUT2D eigenvalue weighted by Gasteiger charge is 2.22. The Morgan fingerprint density at radius 2 is 2.45 bits per heavy atom. The third kappa shape index (κ3) is 3.45. The standard InChI is InChI=1S/C8H16O2S/c1-10-4-2-3-8-5-7(9)6-11-8/h7-9H,2-6H2,1H3/t7?,8-/m0/s1. The number of aliphatic hydroxyl groups excluding tert-OH is 1. The lowest BCUT2D eigenvalue weighted by molar-refractivity contribution is 0.182. The van der Waals surface area contributed by atoms with E-state index in [1.165, 1.54) is 6.42 Å². The summed E-state index contributed by atoms with van der Waals surface area (Å²) >= 11 is 1.90. The van der Waals surface area contributed by atoms with E-state index >= 15 is 0 Å². The SMILES string of the molecule is COCCC[C@H]1CC(O)CS1. The molecule has 1 heterocycles. The Bertz CT molecular complexity index is 108. The first-order chi connectivity index (χ1) is 5.33. The maximum atomic E-state index is 9.20. The Morgan fingerprint density at radius 1 is 1.64 bits per heavy atom. The fourth-order valence-corrected chi connectivity index (χ4v) is 2.67. The summed E-state index contributed by atoms with van der Waals surface area (Å²) in [7, 11) is 1.73. The molecule has 0 spiro atoms. The Labute approximate surface area is 72.3 Å². The molecule has 1 saturated heterocycles. The quantitative estimate of drug-likeness (QED) is 0.654. The summed E-state index contributed by atoms with van der Waals surface area (Å²) < 4.78 is 4.96. The first kappa shape index (κ1) is 9.36. The van der Waals surface area contributed by atoms with Gasteiger partial charge in [0.05, 0.1) is 6.10 Å². The minimum Gasteiger partial charge on any atom is -0.392 e. The van der Waals surface area contributed by atoms with Crippen molar-refractivity contribution < 1.29 is 9.84 Å². The normalized spacial score (nSPS) is 31.1. The van der Waals surface area contributed by atoms with Crippen LogP contribution in [-0.4, -0.2) is 35.9 Å². The summed E-state index contributed by atoms with van der Waals surface area (Å²) in [5.41, 5.74) is 0. The van der Waals surface area contributed by atoms with Gasteiger partial charge < -0.3 is 9.84 Å². The van der Waals surface area contributed by atoms with E-state index in [1.54, 1.807) is 7.11 Å². The van der Waals surface area contributed by atoms with Gasteiger partial charge in [0.15, 0.2) is 0 Å². The predicted octanol–water partition coefficient (Wildman–Crippen LogP) is 1.28. The maximum Gasteiger partial charge on any atom is 0.0641 e. The molecule has 0 radical (unpaired) electrons. The molecule has 1 unspecified atom stereocenters. The second kappa shape index (κ2) is 5.01. The van der Waals surface area contributed by atoms with Crippen LogP contribution in [0.1, 0.15) is 19.3 Å². The monoisotopic (exact) mass is 176 g/mol. The van der Waals surface area contributed by atoms with Gasteiger partial charge in [0.25, 0.3) is 0 Å². The maximum absolute atomic E-state index is 9.20. The first-order valence-corrected chi connectivity index (χ1v) is 5.16. The molecule has 1 aliphatic heterocycles. The van der Waals surface area contributed by atoms with E-state index in [4.69, 9.17) is 4.74 Å². The smallest absolute Gasteiger partial charge is 0.0641 e. The molecule has 3 heteroatoms. The summed E-state index contributed by atoms with van der Waals surface area (Å²) in [6, 6.07) is 0. The van der Waals surface area contributed by atoms with Crippen molar-refractivity contribution in [2.24, 2.45) is 0 Å². The lowest BCUT2D eigenvalue weighted by Crippen LogP contribution is -2.06. The molecule has 0 aliphatic carbocycles. The van der Waals surface area contributed by atoms with E-state index < -0.39 is 0 Å². The number of hydrogen-bond donors (Lipinski definition) is 1. The summed E-state index contributed by atoms with van der Waals surface area (Å²) in [5.74, 6) is 0.928. The van der Waals surface area contributed by atoms with Crippen LogP contribution in [0.5, 0.6) is 0 Å². The van der Waals surface area contributed by atoms with Crippen LogP contribution in [0.2, 0.25) is 0 Å². The molecule has 66 valence electrons. The Hall–Kier alpha value is 0.270. The average molecular weight is 176 g/mol. The van der Waals surface area contributed by atoms with Crippen molar-refractivity contribution in [3.8, 4) is 0 Å². The van der Waals surface area contributed by atoms with E-state index in [0.717, 1.165) is 25.2 Å². The number of aliphatic hydroxyl groups is 1. The minimum absolute atomic E-state index is 0.0486. The third-order valence-corrected chi connectivity index (χ3v) is 3.41. The van der Waals surface area contributed by atoms with Crippen LogP contribution in [0.4, 0.5) is 0 Å². The topological polar surface area (TPSA) is 29.5 Å². The average Bonchev–Trinajstić information content (AvgIpc) is 2.37. The highest BCUT2D eigenvalue weighted by atomic mass is 32.2. The van der Waals surface area contributed by atoms with Crippen molar-refractivity contribution in [1.29, 1.82) is 0 Å². The van der Waals surface area contributed by atoms with Gasteiger partial charge in [-0.25, -0.2) is 0 Å². The highest BCUT2D eigenvalue weighted by molar-refractivity contribution is 8.00. The van der Waals surface area contributed by atoms with Gasteiger partial charge >= 0.3 is 0 Å². The van der Waals surface area contributed by atoms with Crippen molar-refractivity contribution in [2.75, 3.05) is 19.5 Å². The molecule has 0 amide bonds. The first-order valence-electron chi connectivity index (χ1n) is 4.11. The number of methoxy groups -OCH3 is 1. The summed E-state index contributed by atoms with van der Waals surface area (Å²) in [6.45, 7) is 0.854. The van der Waals surface area contributed by atoms with Gasteiger partial charge in [-0.05, 0) is 19.3 Å². The van der Waals surface area contributed by atoms with Gasteiger partial charge in [0.2, 0.25) is 0 Å². The van der Waals surface area contributed by atoms with Gasteiger partial charge in [-0.2, -0.15) is 11.8 Å². The molecule has 1 rings (SSSR count). The zero-order chi connectivity index (χ0) is 8.10. The van der Waals surface area contributed by atoms with E-state index in [2.05, 4.69) is 0 Å². The second-order valence-corrected chi connectivity index (χ2v) is 4.31. The second-order valence-electron chi connectivity index (χ2n) is 2.98. The van der Waals surface area contributed by atoms with Crippen LogP contribution >= 0.6 is 11.8 Å². The van der Waals surface area contributed by atoms with Gasteiger partial charge in [-0.15, -0.1) is 0 Å². The zero-order valence-electron chi connectivity index (χ0n) is 6.95. The summed E-state index contributed by atoms with van der Waals surface area (Å²) in [5, 5.41) is 9.88. The number of rotatable bonds is 4. The third-order valence-electron chi connectivity index (χ3n) is 1.93. The van der Waals surface area contributed by atoms with Crippen molar-refractivity contribution in [3.63, 3.8) is 0 Å². The van der Waals surface area contributed by atoms with Crippen LogP contribution in [0.25, 0.3) is 0 Å². The van der Waals surface area contributed by atoms with Crippen LogP contribution < -0.4 is 0 Å². The minimum atomic E-state index is -0.0486. The lowest BCUT2D eigenvalue weighted by atomic mass is 10.1. The molecule has 1 N–H and O–H groups in total. The predicted molar refractivity (Wildman–Crippen MR) is 48.0 cm³/mol. The van der Waals surface area contributed by atoms with E-state index in [-0.39, 0.29) is 6.10 Å². The molecule has 0 bridgehead atoms. The van der Waals surface area contributed by atoms with Crippen LogP contribution in [-0.2, 0) is 4.74 Å². The van der Waals surface area contributed by atoms with Crippen molar-refractivity contribution in [2.45, 2.75) is 30.6 Å². The largest absolute Gasteiger partial charge is 0.392 e. The van der Waals surface area contributed by atoms with E-state index in [9.17, 15) is 5.11 Å². The number of hydrogen-bond acceptors (Lipinski definition) is 3. The van der Waals surface area contributed by atoms with E-state index in [0.29, 0.717) is 5.25 Å². The number of ether oxygens (including phenoxy) is 1. The number of thioether (sulfide) groups is 1. The molecular formula is C8H16O2S. The van der Waals surface area contributed by atoms with Crippen molar-refractivity contribution >= 4 is 11.8 Å². The molecule has 1 fully saturated rings. The lowest BCUT2D eigenvalue weighted by Gasteiger charge is -2.06. The molecule has 2 atom stereocenters. The van der Waals surface area contributed by atoms with Crippen LogP contribution in [0.15, 0.2) is 0 Å². The van der Waals surface area contributed by atoms with Gasteiger partial charge in [0, 0.05) is 24.7 Å². The zero-order valence-corrected chi connectivity index (χ0v) is 7.77. The molecule has 0 saturated carbocycles. The van der Waals surface area contributed by atoms with Gasteiger partial charge in [0.1, 0.15) is 0 Å². The molecule has 0 aromatic carbocycles. The molecule has 1 aliphatic rings. The van der Waals surface area contributed by atoms with Gasteiger partial charge in [-0.3, -0.25) is 0 Å². The fraction of sp³-hybridized carbons (Fsp3) is 1.00. The van der Waals surface area contributed by atoms with Crippen molar-refractivity contribution in [1.82, 2.24) is 0 Å². The molecule has 0 aromatic rings. The summed E-state index contributed by atoms with van der Waals surface area (Å²) in [6.07, 6.45) is 3.25. The van der Waals surface area contributed by atoms with Crippen LogP contribution in [0.3, 0.4) is 0 Å². The van der Waals surface area contributed by atoms with E-state index in [1.807, 2.05) is 11.8 Å².